The summed E-state index contributed by atoms with van der Waals surface area (Å²) in [6.45, 7) is 2.18. The van der Waals surface area contributed by atoms with Crippen molar-refractivity contribution < 1.29 is 0 Å². The van der Waals surface area contributed by atoms with Gasteiger partial charge in [-0.25, -0.2) is 0 Å². The minimum absolute atomic E-state index is 0.591. The molecule has 0 saturated heterocycles. The smallest absolute Gasteiger partial charge is 0.0684 e. The molecular formula is C16H17N. The Balaban J connectivity index is 2.20. The van der Waals surface area contributed by atoms with Gasteiger partial charge in [0, 0.05) is 5.56 Å². The van der Waals surface area contributed by atoms with Crippen molar-refractivity contribution in [3.8, 4) is 0 Å². The molecule has 0 heterocycles. The predicted octanol–water partition coefficient (Wildman–Crippen LogP) is 4.06. The van der Waals surface area contributed by atoms with Crippen LogP contribution in [-0.4, -0.2) is 5.71 Å². The monoisotopic (exact) mass is 223 g/mol. The molecule has 0 atom stereocenters. The summed E-state index contributed by atoms with van der Waals surface area (Å²) in [5.41, 5.74) is 3.89. The number of rotatable bonds is 4. The molecule has 0 aliphatic rings. The van der Waals surface area contributed by atoms with E-state index >= 15 is 0 Å². The summed E-state index contributed by atoms with van der Waals surface area (Å²) < 4.78 is 0. The fourth-order valence-electron chi connectivity index (χ4n) is 1.90. The van der Waals surface area contributed by atoms with Crippen LogP contribution < -0.4 is 0 Å². The third kappa shape index (κ3) is 2.82. The lowest BCUT2D eigenvalue weighted by Crippen LogP contribution is -2.00. The fraction of sp³-hybridized carbons (Fsp3) is 0.188. The van der Waals surface area contributed by atoms with Crippen LogP contribution in [0.4, 0.5) is 0 Å². The second-order valence-electron chi connectivity index (χ2n) is 4.19. The van der Waals surface area contributed by atoms with Crippen molar-refractivity contribution in [2.75, 3.05) is 0 Å². The van der Waals surface area contributed by atoms with E-state index in [1.54, 1.807) is 0 Å². The Hall–Kier alpha value is -1.89. The normalized spacial score (nSPS) is 10.2. The first kappa shape index (κ1) is 11.6. The molecule has 0 spiro atoms. The Morgan fingerprint density at radius 3 is 2.06 bits per heavy atom. The van der Waals surface area contributed by atoms with Gasteiger partial charge >= 0.3 is 0 Å². The van der Waals surface area contributed by atoms with Crippen LogP contribution in [0.15, 0.2) is 54.6 Å². The molecule has 1 N–H and O–H groups in total. The Kier molecular flexibility index (Phi) is 3.71. The van der Waals surface area contributed by atoms with E-state index in [1.165, 1.54) is 5.56 Å². The summed E-state index contributed by atoms with van der Waals surface area (Å²) in [6.07, 6.45) is 2.27. The van der Waals surface area contributed by atoms with Gasteiger partial charge in [0.05, 0.1) is 5.71 Å². The molecule has 2 aromatic carbocycles. The molecule has 0 unspecified atom stereocenters. The van der Waals surface area contributed by atoms with E-state index in [2.05, 4.69) is 19.1 Å². The molecule has 0 radical (unpaired) electrons. The van der Waals surface area contributed by atoms with Gasteiger partial charge in [-0.05, 0) is 17.5 Å². The van der Waals surface area contributed by atoms with E-state index < -0.39 is 0 Å². The summed E-state index contributed by atoms with van der Waals surface area (Å²) in [7, 11) is 0. The lowest BCUT2D eigenvalue weighted by molar-refractivity contribution is 0.922. The zero-order valence-corrected chi connectivity index (χ0v) is 10.1. The van der Waals surface area contributed by atoms with Gasteiger partial charge in [0.2, 0.25) is 0 Å². The van der Waals surface area contributed by atoms with Crippen LogP contribution >= 0.6 is 0 Å². The van der Waals surface area contributed by atoms with E-state index in [0.29, 0.717) is 5.71 Å². The van der Waals surface area contributed by atoms with E-state index in [0.717, 1.165) is 24.0 Å². The van der Waals surface area contributed by atoms with E-state index in [-0.39, 0.29) is 0 Å². The number of aryl methyl sites for hydroxylation is 1. The van der Waals surface area contributed by atoms with E-state index in [9.17, 15) is 0 Å². The van der Waals surface area contributed by atoms with E-state index in [1.807, 2.05) is 42.5 Å². The average Bonchev–Trinajstić information content (AvgIpc) is 2.40. The third-order valence-corrected chi connectivity index (χ3v) is 2.84. The molecule has 0 aliphatic heterocycles. The van der Waals surface area contributed by atoms with Gasteiger partial charge < -0.3 is 0 Å². The van der Waals surface area contributed by atoms with Crippen LogP contribution in [0.25, 0.3) is 0 Å². The molecule has 1 heteroatoms. The van der Waals surface area contributed by atoms with Crippen LogP contribution in [0.1, 0.15) is 30.0 Å². The first-order valence-electron chi connectivity index (χ1n) is 6.04. The zero-order valence-electron chi connectivity index (χ0n) is 10.1. The predicted molar refractivity (Wildman–Crippen MR) is 72.8 cm³/mol. The maximum atomic E-state index is 8.14. The Morgan fingerprint density at radius 2 is 1.47 bits per heavy atom. The number of nitrogens with one attached hydrogen (secondary N) is 1. The lowest BCUT2D eigenvalue weighted by atomic mass is 10.0. The average molecular weight is 223 g/mol. The number of hydrogen-bond acceptors (Lipinski definition) is 1. The van der Waals surface area contributed by atoms with Gasteiger partial charge in [-0.3, -0.25) is 5.41 Å². The summed E-state index contributed by atoms with van der Waals surface area (Å²) >= 11 is 0. The first-order valence-corrected chi connectivity index (χ1v) is 6.04. The lowest BCUT2D eigenvalue weighted by Gasteiger charge is -2.05. The quantitative estimate of drug-likeness (QED) is 0.756. The molecular weight excluding hydrogens is 206 g/mol. The van der Waals surface area contributed by atoms with E-state index in [4.69, 9.17) is 5.41 Å². The molecule has 0 bridgehead atoms. The molecule has 0 saturated carbocycles. The fourth-order valence-corrected chi connectivity index (χ4v) is 1.90. The van der Waals surface area contributed by atoms with Gasteiger partial charge in [0.15, 0.2) is 0 Å². The Morgan fingerprint density at radius 1 is 0.882 bits per heavy atom. The van der Waals surface area contributed by atoms with Crippen LogP contribution in [-0.2, 0) is 6.42 Å². The van der Waals surface area contributed by atoms with Crippen LogP contribution in [0.3, 0.4) is 0 Å². The maximum Gasteiger partial charge on any atom is 0.0684 e. The van der Waals surface area contributed by atoms with Gasteiger partial charge in [-0.1, -0.05) is 67.9 Å². The second-order valence-corrected chi connectivity index (χ2v) is 4.19. The van der Waals surface area contributed by atoms with Gasteiger partial charge in [-0.2, -0.15) is 0 Å². The summed E-state index contributed by atoms with van der Waals surface area (Å²) in [6, 6.07) is 18.2. The second kappa shape index (κ2) is 5.44. The minimum atomic E-state index is 0.591. The maximum absolute atomic E-state index is 8.14. The highest BCUT2D eigenvalue weighted by Crippen LogP contribution is 2.11. The highest BCUT2D eigenvalue weighted by molar-refractivity contribution is 6.10. The number of hydrogen-bond donors (Lipinski definition) is 1. The highest BCUT2D eigenvalue weighted by Gasteiger charge is 2.03. The molecule has 1 nitrogen and oxygen atoms in total. The molecule has 2 aromatic rings. The molecule has 0 fully saturated rings. The van der Waals surface area contributed by atoms with Crippen molar-refractivity contribution in [2.45, 2.75) is 19.8 Å². The van der Waals surface area contributed by atoms with Crippen molar-refractivity contribution in [2.24, 2.45) is 0 Å². The van der Waals surface area contributed by atoms with Crippen LogP contribution in [0.5, 0.6) is 0 Å². The highest BCUT2D eigenvalue weighted by atomic mass is 14.4. The standard InChI is InChI=1S/C16H17N/c1-2-6-13-9-11-15(12-10-13)16(17)14-7-4-3-5-8-14/h3-5,7-12,17H,2,6H2,1H3. The van der Waals surface area contributed by atoms with Crippen molar-refractivity contribution in [1.82, 2.24) is 0 Å². The van der Waals surface area contributed by atoms with Crippen LogP contribution in [0.2, 0.25) is 0 Å². The van der Waals surface area contributed by atoms with Crippen molar-refractivity contribution in [1.29, 1.82) is 5.41 Å². The minimum Gasteiger partial charge on any atom is -0.300 e. The Bertz CT molecular complexity index is 483. The largest absolute Gasteiger partial charge is 0.300 e. The summed E-state index contributed by atoms with van der Waals surface area (Å²) in [4.78, 5) is 0. The zero-order chi connectivity index (χ0) is 12.1. The van der Waals surface area contributed by atoms with Gasteiger partial charge in [0.1, 0.15) is 0 Å². The molecule has 86 valence electrons. The first-order chi connectivity index (χ1) is 8.31. The van der Waals surface area contributed by atoms with Gasteiger partial charge in [-0.15, -0.1) is 0 Å². The van der Waals surface area contributed by atoms with Gasteiger partial charge in [0.25, 0.3) is 0 Å². The molecule has 0 aromatic heterocycles. The van der Waals surface area contributed by atoms with Crippen LogP contribution in [0, 0.1) is 5.41 Å². The molecule has 0 amide bonds. The molecule has 17 heavy (non-hydrogen) atoms. The topological polar surface area (TPSA) is 23.9 Å². The Labute approximate surface area is 103 Å². The third-order valence-electron chi connectivity index (χ3n) is 2.84. The summed E-state index contributed by atoms with van der Waals surface area (Å²) in [5.74, 6) is 0. The molecule has 0 aliphatic carbocycles. The van der Waals surface area contributed by atoms with Crippen molar-refractivity contribution in [3.63, 3.8) is 0 Å². The summed E-state index contributed by atoms with van der Waals surface area (Å²) in [5, 5.41) is 8.14. The van der Waals surface area contributed by atoms with Crippen molar-refractivity contribution >= 4 is 5.71 Å². The van der Waals surface area contributed by atoms with Crippen molar-refractivity contribution in [3.05, 3.63) is 71.3 Å². The number of benzene rings is 2. The molecule has 2 rings (SSSR count). The SMILES string of the molecule is CCCc1ccc(C(=N)c2ccccc2)cc1.